The van der Waals surface area contributed by atoms with Gasteiger partial charge in [-0.1, -0.05) is 13.3 Å². The van der Waals surface area contributed by atoms with E-state index in [1.807, 2.05) is 13.0 Å². The molecular formula is C20H23BrN4O. The number of nitrogens with one attached hydrogen (secondary N) is 1. The number of carbonyl (C=O) groups excluding carboxylic acids is 1. The van der Waals surface area contributed by atoms with Crippen molar-refractivity contribution in [2.24, 2.45) is 5.92 Å². The highest BCUT2D eigenvalue weighted by Gasteiger charge is 2.38. The van der Waals surface area contributed by atoms with Crippen LogP contribution in [0, 0.1) is 17.2 Å². The van der Waals surface area contributed by atoms with Gasteiger partial charge in [0.15, 0.2) is 5.78 Å². The van der Waals surface area contributed by atoms with E-state index < -0.39 is 5.92 Å². The monoisotopic (exact) mass is 414 g/mol. The predicted molar refractivity (Wildman–Crippen MR) is 107 cm³/mol. The molecule has 0 spiro atoms. The summed E-state index contributed by atoms with van der Waals surface area (Å²) >= 11 is 3.43. The van der Waals surface area contributed by atoms with E-state index in [1.54, 1.807) is 6.07 Å². The van der Waals surface area contributed by atoms with Crippen LogP contribution in [0.3, 0.4) is 0 Å². The maximum Gasteiger partial charge on any atom is 0.161 e. The lowest BCUT2D eigenvalue weighted by Gasteiger charge is -2.35. The summed E-state index contributed by atoms with van der Waals surface area (Å²) in [5.74, 6) is 0.0820. The molecule has 1 aliphatic carbocycles. The molecule has 6 heteroatoms. The van der Waals surface area contributed by atoms with E-state index in [0.29, 0.717) is 39.3 Å². The Bertz CT molecular complexity index is 855. The van der Waals surface area contributed by atoms with Gasteiger partial charge in [0.05, 0.1) is 28.9 Å². The van der Waals surface area contributed by atoms with Gasteiger partial charge in [0, 0.05) is 27.9 Å². The fraction of sp³-hybridized carbons (Fsp3) is 0.400. The zero-order valence-corrected chi connectivity index (χ0v) is 16.6. The molecule has 5 nitrogen and oxygen atoms in total. The molecule has 1 heterocycles. The SMILES string of the molecule is CCCC1CC(=O)C2=C(C1)NC(C)=C(C#N)C2c1cc(N)c(N)c(Br)c1. The van der Waals surface area contributed by atoms with E-state index >= 15 is 0 Å². The predicted octanol–water partition coefficient (Wildman–Crippen LogP) is 4.13. The summed E-state index contributed by atoms with van der Waals surface area (Å²) in [5.41, 5.74) is 16.7. The topological polar surface area (TPSA) is 105 Å². The number of hydrogen-bond donors (Lipinski definition) is 3. The number of anilines is 2. The second-order valence-electron chi connectivity index (χ2n) is 7.09. The van der Waals surface area contributed by atoms with Crippen molar-refractivity contribution in [3.8, 4) is 6.07 Å². The zero-order valence-electron chi connectivity index (χ0n) is 15.0. The number of hydrogen-bond acceptors (Lipinski definition) is 5. The van der Waals surface area contributed by atoms with Crippen LogP contribution in [-0.4, -0.2) is 5.78 Å². The molecule has 0 aromatic heterocycles. The molecule has 2 unspecified atom stereocenters. The average molecular weight is 415 g/mol. The number of rotatable bonds is 3. The summed E-state index contributed by atoms with van der Waals surface area (Å²) in [6, 6.07) is 5.93. The van der Waals surface area contributed by atoms with Crippen molar-refractivity contribution in [3.05, 3.63) is 44.7 Å². The number of nitrogens with two attached hydrogens (primary N) is 2. The summed E-state index contributed by atoms with van der Waals surface area (Å²) in [7, 11) is 0. The molecule has 1 aromatic rings. The Kier molecular flexibility index (Phi) is 5.10. The largest absolute Gasteiger partial charge is 0.397 e. The standard InChI is InChI=1S/C20H23BrN4O/c1-3-4-11-5-16-19(17(26)6-11)18(13(9-22)10(2)25-16)12-7-14(21)20(24)15(23)8-12/h7-8,11,18,25H,3-6,23-24H2,1-2H3. The zero-order chi connectivity index (χ0) is 19.0. The maximum atomic E-state index is 13.0. The number of ketones is 1. The number of allylic oxidation sites excluding steroid dienone is 4. The highest BCUT2D eigenvalue weighted by molar-refractivity contribution is 9.10. The number of nitriles is 1. The van der Waals surface area contributed by atoms with Crippen LogP contribution in [-0.2, 0) is 4.79 Å². The first-order chi connectivity index (χ1) is 12.4. The van der Waals surface area contributed by atoms with Gasteiger partial charge < -0.3 is 16.8 Å². The molecule has 0 amide bonds. The second-order valence-corrected chi connectivity index (χ2v) is 7.95. The van der Waals surface area contributed by atoms with E-state index in [2.05, 4.69) is 34.2 Å². The van der Waals surface area contributed by atoms with Gasteiger partial charge in [0.25, 0.3) is 0 Å². The number of dihydropyridines is 1. The first kappa shape index (κ1) is 18.5. The molecule has 2 atom stereocenters. The van der Waals surface area contributed by atoms with E-state index in [4.69, 9.17) is 11.5 Å². The van der Waals surface area contributed by atoms with Crippen LogP contribution in [0.1, 0.15) is 51.0 Å². The minimum absolute atomic E-state index is 0.119. The van der Waals surface area contributed by atoms with Crippen LogP contribution in [0.5, 0.6) is 0 Å². The van der Waals surface area contributed by atoms with Crippen LogP contribution in [0.15, 0.2) is 39.1 Å². The van der Waals surface area contributed by atoms with Gasteiger partial charge in [-0.25, -0.2) is 0 Å². The molecule has 0 saturated heterocycles. The molecule has 5 N–H and O–H groups in total. The minimum atomic E-state index is -0.398. The summed E-state index contributed by atoms with van der Waals surface area (Å²) in [6.45, 7) is 4.03. The van der Waals surface area contributed by atoms with E-state index in [-0.39, 0.29) is 5.78 Å². The normalized spacial score (nSPS) is 22.8. The molecular weight excluding hydrogens is 392 g/mol. The molecule has 26 heavy (non-hydrogen) atoms. The van der Waals surface area contributed by atoms with Crippen LogP contribution < -0.4 is 16.8 Å². The number of carbonyl (C=O) groups is 1. The number of nitrogens with zero attached hydrogens (tertiary/aromatic N) is 1. The van der Waals surface area contributed by atoms with Crippen molar-refractivity contribution in [3.63, 3.8) is 0 Å². The van der Waals surface area contributed by atoms with Crippen molar-refractivity contribution in [1.29, 1.82) is 5.26 Å². The molecule has 0 bridgehead atoms. The number of nitrogen functional groups attached to an aromatic ring is 2. The van der Waals surface area contributed by atoms with Crippen molar-refractivity contribution in [1.82, 2.24) is 5.32 Å². The smallest absolute Gasteiger partial charge is 0.161 e. The Morgan fingerprint density at radius 3 is 2.69 bits per heavy atom. The van der Waals surface area contributed by atoms with Crippen molar-refractivity contribution in [2.75, 3.05) is 11.5 Å². The number of benzene rings is 1. The Hall–Kier alpha value is -2.26. The maximum absolute atomic E-state index is 13.0. The lowest BCUT2D eigenvalue weighted by atomic mass is 9.72. The molecule has 2 aliphatic rings. The van der Waals surface area contributed by atoms with E-state index in [1.165, 1.54) is 0 Å². The van der Waals surface area contributed by atoms with Gasteiger partial charge in [-0.05, 0) is 59.3 Å². The van der Waals surface area contributed by atoms with Crippen LogP contribution in [0.2, 0.25) is 0 Å². The summed E-state index contributed by atoms with van der Waals surface area (Å²) in [5, 5.41) is 13.1. The van der Waals surface area contributed by atoms with Crippen LogP contribution in [0.25, 0.3) is 0 Å². The van der Waals surface area contributed by atoms with Crippen molar-refractivity contribution < 1.29 is 4.79 Å². The second kappa shape index (κ2) is 7.16. The van der Waals surface area contributed by atoms with Gasteiger partial charge in [0.1, 0.15) is 0 Å². The fourth-order valence-corrected chi connectivity index (χ4v) is 4.53. The third kappa shape index (κ3) is 3.12. The number of halogens is 1. The fourth-order valence-electron chi connectivity index (χ4n) is 4.04. The summed E-state index contributed by atoms with van der Waals surface area (Å²) in [4.78, 5) is 13.0. The highest BCUT2D eigenvalue weighted by Crippen LogP contribution is 2.45. The molecule has 136 valence electrons. The van der Waals surface area contributed by atoms with Gasteiger partial charge in [-0.15, -0.1) is 0 Å². The van der Waals surface area contributed by atoms with Gasteiger partial charge in [-0.3, -0.25) is 4.79 Å². The Balaban J connectivity index is 2.15. The molecule has 0 saturated carbocycles. The van der Waals surface area contributed by atoms with Gasteiger partial charge in [0.2, 0.25) is 0 Å². The summed E-state index contributed by atoms with van der Waals surface area (Å²) < 4.78 is 0.676. The molecule has 3 rings (SSSR count). The van der Waals surface area contributed by atoms with E-state index in [0.717, 1.165) is 36.2 Å². The molecule has 0 fully saturated rings. The van der Waals surface area contributed by atoms with Crippen LogP contribution in [0.4, 0.5) is 11.4 Å². The van der Waals surface area contributed by atoms with Crippen LogP contribution >= 0.6 is 15.9 Å². The third-order valence-electron chi connectivity index (χ3n) is 5.25. The first-order valence-electron chi connectivity index (χ1n) is 8.85. The van der Waals surface area contributed by atoms with Crippen molar-refractivity contribution >= 4 is 33.1 Å². The van der Waals surface area contributed by atoms with Gasteiger partial charge >= 0.3 is 0 Å². The van der Waals surface area contributed by atoms with Crippen molar-refractivity contribution in [2.45, 2.75) is 45.4 Å². The quantitative estimate of drug-likeness (QED) is 0.644. The number of Topliss-reactive ketones (excluding diaryl/α,β-unsaturated/α-hetero) is 1. The molecule has 0 radical (unpaired) electrons. The molecule has 1 aromatic carbocycles. The van der Waals surface area contributed by atoms with Gasteiger partial charge in [-0.2, -0.15) is 5.26 Å². The Morgan fingerprint density at radius 2 is 2.08 bits per heavy atom. The Morgan fingerprint density at radius 1 is 1.35 bits per heavy atom. The van der Waals surface area contributed by atoms with E-state index in [9.17, 15) is 10.1 Å². The minimum Gasteiger partial charge on any atom is -0.397 e. The Labute approximate surface area is 162 Å². The first-order valence-corrected chi connectivity index (χ1v) is 9.65. The molecule has 1 aliphatic heterocycles. The average Bonchev–Trinajstić information content (AvgIpc) is 2.58. The summed E-state index contributed by atoms with van der Waals surface area (Å²) in [6.07, 6.45) is 3.47. The third-order valence-corrected chi connectivity index (χ3v) is 5.90. The highest BCUT2D eigenvalue weighted by atomic mass is 79.9. The lowest BCUT2D eigenvalue weighted by Crippen LogP contribution is -2.34. The lowest BCUT2D eigenvalue weighted by molar-refractivity contribution is -0.117.